The first-order valence-corrected chi connectivity index (χ1v) is 4.99. The number of nitrogens with two attached hydrogens (primary N) is 1. The zero-order valence-electron chi connectivity index (χ0n) is 8.32. The molecular weight excluding hydrogens is 206 g/mol. The van der Waals surface area contributed by atoms with Crippen LogP contribution in [0.5, 0.6) is 0 Å². The van der Waals surface area contributed by atoms with Gasteiger partial charge >= 0.3 is 0 Å². The number of aryl methyl sites for hydroxylation is 1. The van der Waals surface area contributed by atoms with E-state index in [0.29, 0.717) is 0 Å². The molecule has 0 spiro atoms. The summed E-state index contributed by atoms with van der Waals surface area (Å²) in [5, 5.41) is 5.43. The largest absolute Gasteiger partial charge is 0.376 e. The molecule has 1 aromatic carbocycles. The molecule has 3 N–H and O–H groups in total. The first-order valence-electron chi connectivity index (χ1n) is 4.58. The predicted octanol–water partition coefficient (Wildman–Crippen LogP) is 2.20. The monoisotopic (exact) mass is 217 g/mol. The normalized spacial score (nSPS) is 10.2. The highest BCUT2D eigenvalue weighted by molar-refractivity contribution is 7.80. The van der Waals surface area contributed by atoms with Gasteiger partial charge in [-0.15, -0.1) is 0 Å². The van der Waals surface area contributed by atoms with Gasteiger partial charge in [0.25, 0.3) is 0 Å². The van der Waals surface area contributed by atoms with Crippen molar-refractivity contribution in [1.29, 1.82) is 0 Å². The summed E-state index contributed by atoms with van der Waals surface area (Å²) in [6.07, 6.45) is 3.58. The van der Waals surface area contributed by atoms with Crippen molar-refractivity contribution in [3.05, 3.63) is 36.2 Å². The average molecular weight is 217 g/mol. The quantitative estimate of drug-likeness (QED) is 0.719. The van der Waals surface area contributed by atoms with Crippen molar-refractivity contribution in [3.63, 3.8) is 0 Å². The van der Waals surface area contributed by atoms with Gasteiger partial charge in [-0.1, -0.05) is 12.1 Å². The van der Waals surface area contributed by atoms with Gasteiger partial charge in [-0.05, 0) is 30.8 Å². The van der Waals surface area contributed by atoms with Gasteiger partial charge in [0.05, 0.1) is 5.69 Å². The van der Waals surface area contributed by atoms with E-state index in [-0.39, 0.29) is 5.11 Å². The summed E-state index contributed by atoms with van der Waals surface area (Å²) in [6, 6.07) is 6.00. The average Bonchev–Trinajstić information content (AvgIpc) is 2.22. The number of nitrogens with one attached hydrogen (secondary N) is 1. The van der Waals surface area contributed by atoms with Crippen LogP contribution < -0.4 is 11.1 Å². The van der Waals surface area contributed by atoms with Crippen LogP contribution in [0.3, 0.4) is 0 Å². The highest BCUT2D eigenvalue weighted by atomic mass is 32.1. The molecular formula is C11H11N3S. The third kappa shape index (κ3) is 1.89. The van der Waals surface area contributed by atoms with E-state index in [1.165, 1.54) is 0 Å². The standard InChI is InChI=1S/C11H11N3S/c1-7-2-3-8-6-13-5-4-9(8)10(7)14-11(12)15/h2-6H,1H3,(H3,12,14,15). The van der Waals surface area contributed by atoms with Crippen LogP contribution in [-0.4, -0.2) is 10.1 Å². The van der Waals surface area contributed by atoms with Crippen LogP contribution in [0.1, 0.15) is 5.56 Å². The summed E-state index contributed by atoms with van der Waals surface area (Å²) in [5.41, 5.74) is 7.56. The Balaban J connectivity index is 2.68. The van der Waals surface area contributed by atoms with E-state index in [9.17, 15) is 0 Å². The maximum atomic E-state index is 5.49. The SMILES string of the molecule is Cc1ccc2cnccc2c1NC(N)=S. The van der Waals surface area contributed by atoms with E-state index in [1.807, 2.05) is 31.3 Å². The van der Waals surface area contributed by atoms with Crippen LogP contribution >= 0.6 is 12.2 Å². The molecule has 1 heterocycles. The van der Waals surface area contributed by atoms with E-state index in [2.05, 4.69) is 10.3 Å². The van der Waals surface area contributed by atoms with Crippen LogP contribution in [0.4, 0.5) is 5.69 Å². The molecule has 0 fully saturated rings. The second-order valence-corrected chi connectivity index (χ2v) is 3.78. The fraction of sp³-hybridized carbons (Fsp3) is 0.0909. The number of aromatic nitrogens is 1. The van der Waals surface area contributed by atoms with Gasteiger partial charge in [-0.25, -0.2) is 0 Å². The fourth-order valence-corrected chi connectivity index (χ4v) is 1.67. The number of rotatable bonds is 1. The van der Waals surface area contributed by atoms with Gasteiger partial charge in [0, 0.05) is 23.2 Å². The maximum Gasteiger partial charge on any atom is 0.168 e. The molecule has 15 heavy (non-hydrogen) atoms. The van der Waals surface area contributed by atoms with Crippen molar-refractivity contribution < 1.29 is 0 Å². The first-order chi connectivity index (χ1) is 7.18. The van der Waals surface area contributed by atoms with Crippen molar-refractivity contribution in [2.75, 3.05) is 5.32 Å². The highest BCUT2D eigenvalue weighted by Crippen LogP contribution is 2.26. The first kappa shape index (κ1) is 9.86. The summed E-state index contributed by atoms with van der Waals surface area (Å²) < 4.78 is 0. The smallest absolute Gasteiger partial charge is 0.168 e. The number of fused-ring (bicyclic) bond motifs is 1. The van der Waals surface area contributed by atoms with E-state index < -0.39 is 0 Å². The van der Waals surface area contributed by atoms with E-state index in [0.717, 1.165) is 22.0 Å². The van der Waals surface area contributed by atoms with Crippen LogP contribution in [0, 0.1) is 6.92 Å². The molecule has 0 aliphatic carbocycles. The molecule has 0 unspecified atom stereocenters. The summed E-state index contributed by atoms with van der Waals surface area (Å²) in [5.74, 6) is 0. The number of hydrogen-bond acceptors (Lipinski definition) is 2. The van der Waals surface area contributed by atoms with E-state index in [4.69, 9.17) is 18.0 Å². The molecule has 76 valence electrons. The molecule has 0 radical (unpaired) electrons. The van der Waals surface area contributed by atoms with Crippen LogP contribution in [0.15, 0.2) is 30.6 Å². The second kappa shape index (κ2) is 3.82. The number of anilines is 1. The molecule has 0 amide bonds. The Kier molecular flexibility index (Phi) is 2.51. The number of thiocarbonyl (C=S) groups is 1. The van der Waals surface area contributed by atoms with Crippen molar-refractivity contribution in [1.82, 2.24) is 4.98 Å². The Bertz CT molecular complexity index is 522. The Morgan fingerprint density at radius 3 is 2.93 bits per heavy atom. The molecule has 3 nitrogen and oxygen atoms in total. The minimum Gasteiger partial charge on any atom is -0.376 e. The van der Waals surface area contributed by atoms with Gasteiger partial charge in [0.15, 0.2) is 5.11 Å². The lowest BCUT2D eigenvalue weighted by atomic mass is 10.1. The van der Waals surface area contributed by atoms with Gasteiger partial charge < -0.3 is 11.1 Å². The van der Waals surface area contributed by atoms with Crippen LogP contribution in [-0.2, 0) is 0 Å². The summed E-state index contributed by atoms with van der Waals surface area (Å²) in [7, 11) is 0. The van der Waals surface area contributed by atoms with Gasteiger partial charge in [-0.3, -0.25) is 4.98 Å². The Morgan fingerprint density at radius 2 is 2.20 bits per heavy atom. The second-order valence-electron chi connectivity index (χ2n) is 3.34. The van der Waals surface area contributed by atoms with Crippen LogP contribution in [0.2, 0.25) is 0 Å². The molecule has 0 saturated heterocycles. The third-order valence-electron chi connectivity index (χ3n) is 2.28. The third-order valence-corrected chi connectivity index (χ3v) is 2.38. The lowest BCUT2D eigenvalue weighted by Crippen LogP contribution is -2.19. The number of hydrogen-bond donors (Lipinski definition) is 2. The zero-order chi connectivity index (χ0) is 10.8. The number of nitrogens with zero attached hydrogens (tertiary/aromatic N) is 1. The molecule has 0 atom stereocenters. The van der Waals surface area contributed by atoms with Crippen molar-refractivity contribution in [2.24, 2.45) is 5.73 Å². The number of pyridine rings is 1. The Labute approximate surface area is 93.3 Å². The van der Waals surface area contributed by atoms with Crippen molar-refractivity contribution in [2.45, 2.75) is 6.92 Å². The van der Waals surface area contributed by atoms with Gasteiger partial charge in [-0.2, -0.15) is 0 Å². The maximum absolute atomic E-state index is 5.49. The zero-order valence-corrected chi connectivity index (χ0v) is 9.14. The Morgan fingerprint density at radius 1 is 1.40 bits per heavy atom. The molecule has 2 aromatic rings. The fourth-order valence-electron chi connectivity index (χ4n) is 1.57. The highest BCUT2D eigenvalue weighted by Gasteiger charge is 2.04. The van der Waals surface area contributed by atoms with Gasteiger partial charge in [0.2, 0.25) is 0 Å². The molecule has 0 aliphatic heterocycles. The Hall–Kier alpha value is -1.68. The molecule has 2 rings (SSSR count). The molecule has 0 saturated carbocycles. The van der Waals surface area contributed by atoms with Crippen molar-refractivity contribution >= 4 is 33.8 Å². The van der Waals surface area contributed by atoms with E-state index in [1.54, 1.807) is 6.20 Å². The predicted molar refractivity (Wildman–Crippen MR) is 66.9 cm³/mol. The molecule has 1 aromatic heterocycles. The number of benzene rings is 1. The lowest BCUT2D eigenvalue weighted by Gasteiger charge is -2.10. The summed E-state index contributed by atoms with van der Waals surface area (Å²) in [4.78, 5) is 4.07. The molecule has 0 aliphatic rings. The lowest BCUT2D eigenvalue weighted by molar-refractivity contribution is 1.36. The summed E-state index contributed by atoms with van der Waals surface area (Å²) >= 11 is 4.85. The van der Waals surface area contributed by atoms with Crippen LogP contribution in [0.25, 0.3) is 10.8 Å². The topological polar surface area (TPSA) is 50.9 Å². The summed E-state index contributed by atoms with van der Waals surface area (Å²) in [6.45, 7) is 2.01. The molecule has 4 heteroatoms. The minimum atomic E-state index is 0.280. The minimum absolute atomic E-state index is 0.280. The molecule has 0 bridgehead atoms. The van der Waals surface area contributed by atoms with Gasteiger partial charge in [0.1, 0.15) is 0 Å². The van der Waals surface area contributed by atoms with E-state index >= 15 is 0 Å². The van der Waals surface area contributed by atoms with Crippen molar-refractivity contribution in [3.8, 4) is 0 Å².